The molecule has 0 saturated heterocycles. The first-order valence-corrected chi connectivity index (χ1v) is 7.59. The summed E-state index contributed by atoms with van der Waals surface area (Å²) >= 11 is 3.46. The van der Waals surface area contributed by atoms with E-state index in [0.717, 1.165) is 29.0 Å². The maximum absolute atomic E-state index is 5.31. The zero-order chi connectivity index (χ0) is 14.7. The van der Waals surface area contributed by atoms with E-state index in [1.807, 2.05) is 18.2 Å². The molecule has 0 radical (unpaired) electrons. The van der Waals surface area contributed by atoms with Crippen LogP contribution in [0.15, 0.2) is 28.7 Å². The van der Waals surface area contributed by atoms with Crippen molar-refractivity contribution in [1.29, 1.82) is 0 Å². The molecule has 0 aliphatic carbocycles. The van der Waals surface area contributed by atoms with Crippen molar-refractivity contribution in [2.45, 2.75) is 33.9 Å². The summed E-state index contributed by atoms with van der Waals surface area (Å²) in [5, 5.41) is 3.45. The highest BCUT2D eigenvalue weighted by Crippen LogP contribution is 2.28. The number of anilines is 1. The van der Waals surface area contributed by atoms with Gasteiger partial charge in [0.05, 0.1) is 11.6 Å². The van der Waals surface area contributed by atoms with E-state index in [9.17, 15) is 0 Å². The van der Waals surface area contributed by atoms with Gasteiger partial charge in [0, 0.05) is 36.2 Å². The molecule has 0 amide bonds. The van der Waals surface area contributed by atoms with Crippen LogP contribution in [0.4, 0.5) is 5.69 Å². The average Bonchev–Trinajstić information content (AvgIpc) is 2.72. The van der Waals surface area contributed by atoms with Gasteiger partial charge in [0.25, 0.3) is 0 Å². The molecular formula is C16H21BrN2O. The van der Waals surface area contributed by atoms with Crippen LogP contribution in [0.1, 0.15) is 23.9 Å². The van der Waals surface area contributed by atoms with Crippen molar-refractivity contribution in [3.8, 4) is 5.75 Å². The highest BCUT2D eigenvalue weighted by molar-refractivity contribution is 9.10. The quantitative estimate of drug-likeness (QED) is 0.869. The van der Waals surface area contributed by atoms with Gasteiger partial charge in [-0.3, -0.25) is 0 Å². The van der Waals surface area contributed by atoms with Crippen LogP contribution in [0, 0.1) is 13.8 Å². The van der Waals surface area contributed by atoms with Crippen molar-refractivity contribution < 1.29 is 4.74 Å². The molecule has 4 heteroatoms. The normalized spacial score (nSPS) is 10.7. The number of nitrogens with zero attached hydrogens (tertiary/aromatic N) is 1. The third-order valence-electron chi connectivity index (χ3n) is 3.63. The molecule has 108 valence electrons. The lowest BCUT2D eigenvalue weighted by Gasteiger charge is -2.10. The molecule has 1 heterocycles. The van der Waals surface area contributed by atoms with Crippen molar-refractivity contribution in [1.82, 2.24) is 4.57 Å². The summed E-state index contributed by atoms with van der Waals surface area (Å²) in [6.45, 7) is 8.35. The van der Waals surface area contributed by atoms with Gasteiger partial charge in [0.1, 0.15) is 5.75 Å². The predicted octanol–water partition coefficient (Wildman–Crippen LogP) is 4.51. The lowest BCUT2D eigenvalue weighted by molar-refractivity contribution is 0.412. The zero-order valence-corrected chi connectivity index (χ0v) is 14.0. The number of ether oxygens (including phenoxy) is 1. The van der Waals surface area contributed by atoms with Gasteiger partial charge < -0.3 is 14.6 Å². The fourth-order valence-electron chi connectivity index (χ4n) is 2.50. The van der Waals surface area contributed by atoms with E-state index in [1.54, 1.807) is 7.11 Å². The molecule has 0 bridgehead atoms. The van der Waals surface area contributed by atoms with Crippen LogP contribution >= 0.6 is 15.9 Å². The van der Waals surface area contributed by atoms with Gasteiger partial charge in [-0.05, 0) is 60.5 Å². The summed E-state index contributed by atoms with van der Waals surface area (Å²) in [6, 6.07) is 8.30. The smallest absolute Gasteiger partial charge is 0.135 e. The second kappa shape index (κ2) is 6.35. The molecular weight excluding hydrogens is 316 g/mol. The average molecular weight is 337 g/mol. The molecule has 0 spiro atoms. The molecule has 3 nitrogen and oxygen atoms in total. The molecule has 2 aromatic rings. The summed E-state index contributed by atoms with van der Waals surface area (Å²) in [5.41, 5.74) is 5.05. The van der Waals surface area contributed by atoms with E-state index in [0.29, 0.717) is 0 Å². The lowest BCUT2D eigenvalue weighted by atomic mass is 10.2. The first kappa shape index (κ1) is 15.0. The molecule has 1 aromatic carbocycles. The Morgan fingerprint density at radius 1 is 1.25 bits per heavy atom. The third kappa shape index (κ3) is 3.01. The summed E-state index contributed by atoms with van der Waals surface area (Å²) in [4.78, 5) is 0. The van der Waals surface area contributed by atoms with Crippen LogP contribution < -0.4 is 10.1 Å². The Hall–Kier alpha value is -1.42. The number of rotatable bonds is 5. The maximum atomic E-state index is 5.31. The molecule has 0 fully saturated rings. The fourth-order valence-corrected chi connectivity index (χ4v) is 2.91. The van der Waals surface area contributed by atoms with E-state index in [2.05, 4.69) is 52.7 Å². The van der Waals surface area contributed by atoms with Crippen molar-refractivity contribution in [3.05, 3.63) is 45.7 Å². The van der Waals surface area contributed by atoms with Gasteiger partial charge in [-0.15, -0.1) is 0 Å². The Bertz CT molecular complexity index is 605. The number of nitrogens with one attached hydrogen (secondary N) is 1. The monoisotopic (exact) mass is 336 g/mol. The molecule has 2 rings (SSSR count). The van der Waals surface area contributed by atoms with E-state index in [1.165, 1.54) is 17.0 Å². The van der Waals surface area contributed by atoms with Crippen LogP contribution in [-0.4, -0.2) is 11.7 Å². The summed E-state index contributed by atoms with van der Waals surface area (Å²) in [6.07, 6.45) is 0. The minimum absolute atomic E-state index is 0.824. The van der Waals surface area contributed by atoms with Crippen molar-refractivity contribution in [2.24, 2.45) is 0 Å². The van der Waals surface area contributed by atoms with E-state index >= 15 is 0 Å². The second-order valence-electron chi connectivity index (χ2n) is 4.84. The number of hydrogen-bond donors (Lipinski definition) is 1. The molecule has 1 N–H and O–H groups in total. The van der Waals surface area contributed by atoms with E-state index in [-0.39, 0.29) is 0 Å². The Morgan fingerprint density at radius 2 is 2.00 bits per heavy atom. The highest BCUT2D eigenvalue weighted by Gasteiger charge is 2.08. The summed E-state index contributed by atoms with van der Waals surface area (Å²) < 4.78 is 8.61. The van der Waals surface area contributed by atoms with Gasteiger partial charge in [-0.1, -0.05) is 0 Å². The maximum Gasteiger partial charge on any atom is 0.135 e. The molecule has 20 heavy (non-hydrogen) atoms. The second-order valence-corrected chi connectivity index (χ2v) is 5.70. The molecule has 0 aliphatic heterocycles. The van der Waals surface area contributed by atoms with Crippen LogP contribution in [0.25, 0.3) is 0 Å². The van der Waals surface area contributed by atoms with Gasteiger partial charge in [0.2, 0.25) is 0 Å². The standard InChI is InChI=1S/C16H21BrN2O/c1-5-19-11(2)8-13(12(19)3)10-18-14-6-7-15(17)16(9-14)20-4/h6-9,18H,5,10H2,1-4H3. The first-order valence-electron chi connectivity index (χ1n) is 6.79. The number of aryl methyl sites for hydroxylation is 1. The number of benzene rings is 1. The van der Waals surface area contributed by atoms with Gasteiger partial charge in [-0.2, -0.15) is 0 Å². The molecule has 0 aliphatic rings. The topological polar surface area (TPSA) is 26.2 Å². The number of hydrogen-bond acceptors (Lipinski definition) is 2. The molecule has 1 aromatic heterocycles. The Morgan fingerprint density at radius 3 is 2.60 bits per heavy atom. The number of methoxy groups -OCH3 is 1. The summed E-state index contributed by atoms with van der Waals surface area (Å²) in [5.74, 6) is 0.842. The molecule has 0 saturated carbocycles. The van der Waals surface area contributed by atoms with Crippen LogP contribution in [0.2, 0.25) is 0 Å². The number of halogens is 1. The van der Waals surface area contributed by atoms with Gasteiger partial charge in [-0.25, -0.2) is 0 Å². The van der Waals surface area contributed by atoms with E-state index < -0.39 is 0 Å². The minimum atomic E-state index is 0.824. The van der Waals surface area contributed by atoms with Crippen molar-refractivity contribution >= 4 is 21.6 Å². The van der Waals surface area contributed by atoms with Crippen molar-refractivity contribution in [2.75, 3.05) is 12.4 Å². The van der Waals surface area contributed by atoms with Crippen LogP contribution in [0.3, 0.4) is 0 Å². The third-order valence-corrected chi connectivity index (χ3v) is 4.28. The minimum Gasteiger partial charge on any atom is -0.495 e. The SMILES string of the molecule is CCn1c(C)cc(CNc2ccc(Br)c(OC)c2)c1C. The fraction of sp³-hybridized carbons (Fsp3) is 0.375. The Kier molecular flexibility index (Phi) is 4.76. The predicted molar refractivity (Wildman–Crippen MR) is 87.6 cm³/mol. The van der Waals surface area contributed by atoms with Crippen molar-refractivity contribution in [3.63, 3.8) is 0 Å². The summed E-state index contributed by atoms with van der Waals surface area (Å²) in [7, 11) is 1.68. The van der Waals surface area contributed by atoms with Gasteiger partial charge >= 0.3 is 0 Å². The lowest BCUT2D eigenvalue weighted by Crippen LogP contribution is -2.03. The molecule has 0 unspecified atom stereocenters. The first-order chi connectivity index (χ1) is 9.56. The van der Waals surface area contributed by atoms with E-state index in [4.69, 9.17) is 4.74 Å². The Labute approximate surface area is 129 Å². The number of aromatic nitrogens is 1. The largest absolute Gasteiger partial charge is 0.495 e. The van der Waals surface area contributed by atoms with Crippen LogP contribution in [-0.2, 0) is 13.1 Å². The zero-order valence-electron chi connectivity index (χ0n) is 12.5. The van der Waals surface area contributed by atoms with Gasteiger partial charge in [0.15, 0.2) is 0 Å². The molecule has 0 atom stereocenters. The highest BCUT2D eigenvalue weighted by atomic mass is 79.9. The van der Waals surface area contributed by atoms with Crippen LogP contribution in [0.5, 0.6) is 5.75 Å². The Balaban J connectivity index is 2.13.